The molecule has 0 saturated heterocycles. The number of nitrogens with zero attached hydrogens (tertiary/aromatic N) is 1. The molecule has 1 aromatic carbocycles. The van der Waals surface area contributed by atoms with Gasteiger partial charge in [-0.2, -0.15) is 0 Å². The smallest absolute Gasteiger partial charge is 0.224 e. The molecule has 0 radical (unpaired) electrons. The Labute approximate surface area is 115 Å². The lowest BCUT2D eigenvalue weighted by Gasteiger charge is -2.05. The van der Waals surface area contributed by atoms with Crippen molar-refractivity contribution in [3.05, 3.63) is 51.7 Å². The summed E-state index contributed by atoms with van der Waals surface area (Å²) in [5, 5.41) is 5.78. The summed E-state index contributed by atoms with van der Waals surface area (Å²) in [6.07, 6.45) is 0.774. The zero-order valence-electron chi connectivity index (χ0n) is 10.6. The average molecular weight is 278 g/mol. The standard InChI is InChI=1S/C14H15FN2OS/c1-10-17-12(9-19-10)6-7-16-14(18)8-11-4-2-3-5-13(11)15/h2-5,9H,6-8H2,1H3,(H,16,18). The second kappa shape index (κ2) is 6.43. The second-order valence-electron chi connectivity index (χ2n) is 4.23. The minimum Gasteiger partial charge on any atom is -0.355 e. The van der Waals surface area contributed by atoms with Gasteiger partial charge in [0.05, 0.1) is 17.1 Å². The fraction of sp³-hybridized carbons (Fsp3) is 0.286. The van der Waals surface area contributed by atoms with E-state index in [1.54, 1.807) is 29.5 Å². The van der Waals surface area contributed by atoms with E-state index in [0.29, 0.717) is 18.5 Å². The van der Waals surface area contributed by atoms with Crippen LogP contribution in [0.1, 0.15) is 16.3 Å². The van der Waals surface area contributed by atoms with Gasteiger partial charge >= 0.3 is 0 Å². The third kappa shape index (κ3) is 4.13. The molecule has 1 N–H and O–H groups in total. The molecule has 3 nitrogen and oxygen atoms in total. The van der Waals surface area contributed by atoms with Gasteiger partial charge in [-0.05, 0) is 18.6 Å². The topological polar surface area (TPSA) is 42.0 Å². The van der Waals surface area contributed by atoms with Gasteiger partial charge in [0, 0.05) is 18.3 Å². The van der Waals surface area contributed by atoms with E-state index in [1.165, 1.54) is 6.07 Å². The monoisotopic (exact) mass is 278 g/mol. The number of carbonyl (C=O) groups is 1. The third-order valence-electron chi connectivity index (χ3n) is 2.68. The number of nitrogens with one attached hydrogen (secondary N) is 1. The van der Waals surface area contributed by atoms with Crippen molar-refractivity contribution >= 4 is 17.2 Å². The van der Waals surface area contributed by atoms with Crippen molar-refractivity contribution in [3.8, 4) is 0 Å². The molecule has 2 rings (SSSR count). The second-order valence-corrected chi connectivity index (χ2v) is 5.29. The van der Waals surface area contributed by atoms with E-state index in [9.17, 15) is 9.18 Å². The number of benzene rings is 1. The quantitative estimate of drug-likeness (QED) is 0.913. The van der Waals surface area contributed by atoms with Crippen LogP contribution in [0.15, 0.2) is 29.6 Å². The molecule has 19 heavy (non-hydrogen) atoms. The van der Waals surface area contributed by atoms with Crippen LogP contribution in [0.4, 0.5) is 4.39 Å². The number of amides is 1. The maximum absolute atomic E-state index is 13.4. The molecule has 0 aliphatic carbocycles. The molecule has 0 spiro atoms. The molecule has 0 aliphatic rings. The Morgan fingerprint density at radius 1 is 1.42 bits per heavy atom. The number of hydrogen-bond acceptors (Lipinski definition) is 3. The summed E-state index contributed by atoms with van der Waals surface area (Å²) in [6.45, 7) is 2.47. The van der Waals surface area contributed by atoms with E-state index < -0.39 is 0 Å². The molecule has 0 bridgehead atoms. The minimum atomic E-state index is -0.340. The fourth-order valence-electron chi connectivity index (χ4n) is 1.73. The van der Waals surface area contributed by atoms with Gasteiger partial charge in [-0.1, -0.05) is 18.2 Å². The van der Waals surface area contributed by atoms with Crippen molar-refractivity contribution < 1.29 is 9.18 Å². The number of aromatic nitrogens is 1. The van der Waals surface area contributed by atoms with E-state index in [4.69, 9.17) is 0 Å². The van der Waals surface area contributed by atoms with Crippen LogP contribution in [0.2, 0.25) is 0 Å². The predicted octanol–water partition coefficient (Wildman–Crippen LogP) is 2.49. The molecular formula is C14H15FN2OS. The van der Waals surface area contributed by atoms with Crippen molar-refractivity contribution in [3.63, 3.8) is 0 Å². The summed E-state index contributed by atoms with van der Waals surface area (Å²) in [6, 6.07) is 6.32. The first-order valence-corrected chi connectivity index (χ1v) is 6.94. The van der Waals surface area contributed by atoms with Crippen molar-refractivity contribution in [1.29, 1.82) is 0 Å². The zero-order chi connectivity index (χ0) is 13.7. The fourth-order valence-corrected chi connectivity index (χ4v) is 2.38. The zero-order valence-corrected chi connectivity index (χ0v) is 11.5. The van der Waals surface area contributed by atoms with Gasteiger partial charge in [-0.3, -0.25) is 4.79 Å². The number of carbonyl (C=O) groups excluding carboxylic acids is 1. The lowest BCUT2D eigenvalue weighted by molar-refractivity contribution is -0.120. The SMILES string of the molecule is Cc1nc(CCNC(=O)Cc2ccccc2F)cs1. The first-order valence-electron chi connectivity index (χ1n) is 6.06. The van der Waals surface area contributed by atoms with Crippen LogP contribution < -0.4 is 5.32 Å². The van der Waals surface area contributed by atoms with Crippen molar-refractivity contribution in [2.45, 2.75) is 19.8 Å². The van der Waals surface area contributed by atoms with Gasteiger partial charge in [0.15, 0.2) is 0 Å². The van der Waals surface area contributed by atoms with E-state index in [0.717, 1.165) is 10.7 Å². The Morgan fingerprint density at radius 2 is 2.21 bits per heavy atom. The molecular weight excluding hydrogens is 263 g/mol. The minimum absolute atomic E-state index is 0.0722. The van der Waals surface area contributed by atoms with Crippen molar-refractivity contribution in [2.24, 2.45) is 0 Å². The molecule has 1 heterocycles. The molecule has 0 saturated carbocycles. The highest BCUT2D eigenvalue weighted by Crippen LogP contribution is 2.08. The average Bonchev–Trinajstić information content (AvgIpc) is 2.78. The van der Waals surface area contributed by atoms with Crippen molar-refractivity contribution in [2.75, 3.05) is 6.54 Å². The normalized spacial score (nSPS) is 10.4. The Kier molecular flexibility index (Phi) is 4.63. The van der Waals surface area contributed by atoms with E-state index >= 15 is 0 Å². The number of hydrogen-bond donors (Lipinski definition) is 1. The summed E-state index contributed by atoms with van der Waals surface area (Å²) in [5.74, 6) is -0.509. The maximum atomic E-state index is 13.4. The van der Waals surface area contributed by atoms with Crippen LogP contribution in [0.25, 0.3) is 0 Å². The molecule has 100 valence electrons. The van der Waals surface area contributed by atoms with E-state index in [1.807, 2.05) is 12.3 Å². The van der Waals surface area contributed by atoms with Gasteiger partial charge in [0.2, 0.25) is 5.91 Å². The molecule has 1 amide bonds. The van der Waals surface area contributed by atoms with Crippen LogP contribution >= 0.6 is 11.3 Å². The predicted molar refractivity (Wildman–Crippen MR) is 73.7 cm³/mol. The molecule has 1 aromatic heterocycles. The van der Waals surface area contributed by atoms with Crippen LogP contribution in [-0.2, 0) is 17.6 Å². The van der Waals surface area contributed by atoms with Crippen LogP contribution in [0.3, 0.4) is 0 Å². The van der Waals surface area contributed by atoms with Gasteiger partial charge in [-0.25, -0.2) is 9.37 Å². The largest absolute Gasteiger partial charge is 0.355 e. The Balaban J connectivity index is 1.77. The van der Waals surface area contributed by atoms with Crippen LogP contribution in [0.5, 0.6) is 0 Å². The van der Waals surface area contributed by atoms with Crippen LogP contribution in [-0.4, -0.2) is 17.4 Å². The molecule has 0 atom stereocenters. The number of thiazole rings is 1. The third-order valence-corrected chi connectivity index (χ3v) is 3.50. The summed E-state index contributed by atoms with van der Waals surface area (Å²) < 4.78 is 13.4. The van der Waals surface area contributed by atoms with Crippen LogP contribution in [0, 0.1) is 12.7 Å². The van der Waals surface area contributed by atoms with Gasteiger partial charge in [0.25, 0.3) is 0 Å². The Hall–Kier alpha value is -1.75. The Morgan fingerprint density at radius 3 is 2.89 bits per heavy atom. The van der Waals surface area contributed by atoms with E-state index in [-0.39, 0.29) is 18.1 Å². The first-order chi connectivity index (χ1) is 9.15. The van der Waals surface area contributed by atoms with E-state index in [2.05, 4.69) is 10.3 Å². The highest BCUT2D eigenvalue weighted by atomic mass is 32.1. The number of aryl methyl sites for hydroxylation is 1. The lowest BCUT2D eigenvalue weighted by Crippen LogP contribution is -2.27. The Bertz CT molecular complexity index is 568. The molecule has 0 aliphatic heterocycles. The summed E-state index contributed by atoms with van der Waals surface area (Å²) in [4.78, 5) is 16.0. The molecule has 5 heteroatoms. The van der Waals surface area contributed by atoms with Gasteiger partial charge < -0.3 is 5.32 Å². The van der Waals surface area contributed by atoms with Gasteiger partial charge in [-0.15, -0.1) is 11.3 Å². The summed E-state index contributed by atoms with van der Waals surface area (Å²) >= 11 is 1.59. The molecule has 2 aromatic rings. The molecule has 0 unspecified atom stereocenters. The highest BCUT2D eigenvalue weighted by Gasteiger charge is 2.07. The number of rotatable bonds is 5. The summed E-state index contributed by atoms with van der Waals surface area (Å²) in [7, 11) is 0. The maximum Gasteiger partial charge on any atom is 0.224 e. The number of halogens is 1. The van der Waals surface area contributed by atoms with Crippen molar-refractivity contribution in [1.82, 2.24) is 10.3 Å². The highest BCUT2D eigenvalue weighted by molar-refractivity contribution is 7.09. The lowest BCUT2D eigenvalue weighted by atomic mass is 10.1. The first kappa shape index (κ1) is 13.7. The molecule has 0 fully saturated rings. The van der Waals surface area contributed by atoms with Gasteiger partial charge in [0.1, 0.15) is 5.82 Å². The summed E-state index contributed by atoms with van der Waals surface area (Å²) in [5.41, 5.74) is 1.40.